The Labute approximate surface area is 188 Å². The van der Waals surface area contributed by atoms with E-state index in [-0.39, 0.29) is 24.1 Å². The van der Waals surface area contributed by atoms with E-state index in [1.54, 1.807) is 30.1 Å². The second kappa shape index (κ2) is 9.20. The highest BCUT2D eigenvalue weighted by Gasteiger charge is 2.32. The summed E-state index contributed by atoms with van der Waals surface area (Å²) in [6.07, 6.45) is 6.89. The minimum atomic E-state index is -0.0542. The van der Waals surface area contributed by atoms with Crippen LogP contribution in [-0.2, 0) is 24.6 Å². The average Bonchev–Trinajstić information content (AvgIpc) is 2.81. The molecule has 0 bridgehead atoms. The molecule has 6 nitrogen and oxygen atoms in total. The molecule has 2 aromatic heterocycles. The number of rotatable bonds is 3. The summed E-state index contributed by atoms with van der Waals surface area (Å²) in [7, 11) is 1.79. The smallest absolute Gasteiger partial charge is 0.255 e. The third-order valence-corrected chi connectivity index (χ3v) is 6.37. The van der Waals surface area contributed by atoms with E-state index in [0.29, 0.717) is 24.2 Å². The van der Waals surface area contributed by atoms with E-state index in [9.17, 15) is 4.79 Å². The molecule has 1 saturated heterocycles. The molecule has 31 heavy (non-hydrogen) atoms. The normalized spacial score (nSPS) is 20.6. The summed E-state index contributed by atoms with van der Waals surface area (Å²) >= 11 is 0. The van der Waals surface area contributed by atoms with Crippen LogP contribution in [0, 0.1) is 5.92 Å². The Kier molecular flexibility index (Phi) is 6.39. The fraction of sp³-hybridized carbons (Fsp3) is 0.375. The van der Waals surface area contributed by atoms with Crippen molar-refractivity contribution in [1.29, 1.82) is 0 Å². The Morgan fingerprint density at radius 2 is 1.87 bits per heavy atom. The van der Waals surface area contributed by atoms with Crippen molar-refractivity contribution in [1.82, 2.24) is 14.5 Å². The predicted molar refractivity (Wildman–Crippen MR) is 124 cm³/mol. The summed E-state index contributed by atoms with van der Waals surface area (Å²) in [5, 5.41) is 0. The maximum atomic E-state index is 12.6. The third-order valence-electron chi connectivity index (χ3n) is 6.37. The van der Waals surface area contributed by atoms with Gasteiger partial charge < -0.3 is 9.64 Å². The first-order chi connectivity index (χ1) is 14.7. The number of hydrogen-bond acceptors (Lipinski definition) is 5. The van der Waals surface area contributed by atoms with E-state index < -0.39 is 0 Å². The van der Waals surface area contributed by atoms with Gasteiger partial charge in [-0.2, -0.15) is 0 Å². The molecule has 0 amide bonds. The second-order valence-corrected chi connectivity index (χ2v) is 8.20. The number of morpholine rings is 1. The Hall–Kier alpha value is -2.70. The Morgan fingerprint density at radius 3 is 2.68 bits per heavy atom. The molecule has 1 aromatic carbocycles. The van der Waals surface area contributed by atoms with Gasteiger partial charge in [-0.25, -0.2) is 4.98 Å². The number of aromatic nitrogens is 3. The van der Waals surface area contributed by atoms with Crippen molar-refractivity contribution in [3.05, 3.63) is 76.3 Å². The van der Waals surface area contributed by atoms with Gasteiger partial charge in [0, 0.05) is 44.2 Å². The van der Waals surface area contributed by atoms with Gasteiger partial charge in [0.15, 0.2) is 0 Å². The molecule has 0 spiro atoms. The van der Waals surface area contributed by atoms with E-state index in [1.165, 1.54) is 11.1 Å². The van der Waals surface area contributed by atoms with Crippen LogP contribution >= 0.6 is 12.4 Å². The van der Waals surface area contributed by atoms with Gasteiger partial charge in [-0.05, 0) is 48.4 Å². The number of halogens is 1. The Bertz CT molecular complexity index is 1100. The van der Waals surface area contributed by atoms with Gasteiger partial charge >= 0.3 is 0 Å². The summed E-state index contributed by atoms with van der Waals surface area (Å²) < 4.78 is 7.85. The Balaban J connectivity index is 0.00000231. The molecule has 3 heterocycles. The van der Waals surface area contributed by atoms with E-state index in [4.69, 9.17) is 9.72 Å². The molecule has 3 aromatic rings. The molecule has 7 heteroatoms. The maximum Gasteiger partial charge on any atom is 0.255 e. The predicted octanol–water partition coefficient (Wildman–Crippen LogP) is 3.27. The quantitative estimate of drug-likeness (QED) is 0.628. The maximum absolute atomic E-state index is 12.6. The summed E-state index contributed by atoms with van der Waals surface area (Å²) in [5.41, 5.74) is 4.44. The van der Waals surface area contributed by atoms with Crippen LogP contribution in [-0.4, -0.2) is 40.3 Å². The zero-order chi connectivity index (χ0) is 20.5. The molecule has 1 fully saturated rings. The fourth-order valence-corrected chi connectivity index (χ4v) is 4.67. The first-order valence-electron chi connectivity index (χ1n) is 10.6. The van der Waals surface area contributed by atoms with E-state index >= 15 is 0 Å². The van der Waals surface area contributed by atoms with Gasteiger partial charge in [0.2, 0.25) is 5.95 Å². The van der Waals surface area contributed by atoms with Gasteiger partial charge in [0.05, 0.1) is 18.4 Å². The summed E-state index contributed by atoms with van der Waals surface area (Å²) in [4.78, 5) is 23.8. The van der Waals surface area contributed by atoms with Crippen LogP contribution in [0.15, 0.2) is 59.7 Å². The van der Waals surface area contributed by atoms with Crippen LogP contribution in [0.25, 0.3) is 11.3 Å². The van der Waals surface area contributed by atoms with Crippen molar-refractivity contribution in [2.45, 2.75) is 25.4 Å². The van der Waals surface area contributed by atoms with Crippen LogP contribution < -0.4 is 10.5 Å². The standard InChI is InChI=1S/C24H26N4O2.ClH/c1-27-23(29)15-21(18-8-10-25-11-9-18)26-24(27)28-12-13-30-22(16-28)20-7-6-17-4-2-3-5-19(17)14-20;/h2-5,8-11,15,20,22H,6-7,12-14,16H2,1H3;1H. The van der Waals surface area contributed by atoms with Crippen LogP contribution in [0.2, 0.25) is 0 Å². The molecule has 0 N–H and O–H groups in total. The molecular weight excluding hydrogens is 412 g/mol. The highest BCUT2D eigenvalue weighted by molar-refractivity contribution is 5.85. The highest BCUT2D eigenvalue weighted by Crippen LogP contribution is 2.31. The Morgan fingerprint density at radius 1 is 1.10 bits per heavy atom. The molecule has 2 aliphatic rings. The van der Waals surface area contributed by atoms with Crippen LogP contribution in [0.1, 0.15) is 17.5 Å². The largest absolute Gasteiger partial charge is 0.374 e. The van der Waals surface area contributed by atoms with E-state index in [0.717, 1.165) is 37.9 Å². The lowest BCUT2D eigenvalue weighted by atomic mass is 9.80. The van der Waals surface area contributed by atoms with Gasteiger partial charge in [-0.3, -0.25) is 14.3 Å². The summed E-state index contributed by atoms with van der Waals surface area (Å²) in [5.74, 6) is 1.20. The number of ether oxygens (including phenoxy) is 1. The summed E-state index contributed by atoms with van der Waals surface area (Å²) in [6, 6.07) is 14.1. The lowest BCUT2D eigenvalue weighted by Gasteiger charge is -2.39. The molecule has 2 atom stereocenters. The SMILES string of the molecule is Cl.Cn1c(N2CCOC(C3CCc4ccccc4C3)C2)nc(-c2ccncc2)cc1=O. The van der Waals surface area contributed by atoms with Crippen molar-refractivity contribution in [3.8, 4) is 11.3 Å². The molecule has 0 saturated carbocycles. The van der Waals surface area contributed by atoms with Crippen molar-refractivity contribution < 1.29 is 4.74 Å². The molecular formula is C24H27ClN4O2. The van der Waals surface area contributed by atoms with Gasteiger partial charge in [0.1, 0.15) is 0 Å². The van der Waals surface area contributed by atoms with Crippen molar-refractivity contribution in [2.24, 2.45) is 13.0 Å². The number of fused-ring (bicyclic) bond motifs is 1. The van der Waals surface area contributed by atoms with Crippen LogP contribution in [0.5, 0.6) is 0 Å². The topological polar surface area (TPSA) is 60.2 Å². The van der Waals surface area contributed by atoms with Gasteiger partial charge in [0.25, 0.3) is 5.56 Å². The van der Waals surface area contributed by atoms with Crippen LogP contribution in [0.3, 0.4) is 0 Å². The number of hydrogen-bond donors (Lipinski definition) is 0. The van der Waals surface area contributed by atoms with Crippen molar-refractivity contribution in [2.75, 3.05) is 24.6 Å². The number of benzene rings is 1. The average molecular weight is 439 g/mol. The number of nitrogens with zero attached hydrogens (tertiary/aromatic N) is 4. The van der Waals surface area contributed by atoms with Gasteiger partial charge in [-0.15, -0.1) is 12.4 Å². The van der Waals surface area contributed by atoms with Crippen molar-refractivity contribution in [3.63, 3.8) is 0 Å². The first kappa shape index (κ1) is 21.5. The lowest BCUT2D eigenvalue weighted by Crippen LogP contribution is -2.48. The molecule has 2 unspecified atom stereocenters. The zero-order valence-electron chi connectivity index (χ0n) is 17.6. The van der Waals surface area contributed by atoms with Gasteiger partial charge in [-0.1, -0.05) is 24.3 Å². The molecule has 0 radical (unpaired) electrons. The highest BCUT2D eigenvalue weighted by atomic mass is 35.5. The van der Waals surface area contributed by atoms with Crippen molar-refractivity contribution >= 4 is 18.4 Å². The minimum Gasteiger partial charge on any atom is -0.374 e. The first-order valence-corrected chi connectivity index (χ1v) is 10.6. The number of aryl methyl sites for hydroxylation is 1. The second-order valence-electron chi connectivity index (χ2n) is 8.20. The van der Waals surface area contributed by atoms with E-state index in [2.05, 4.69) is 34.1 Å². The number of anilines is 1. The minimum absolute atomic E-state index is 0. The van der Waals surface area contributed by atoms with E-state index in [1.807, 2.05) is 12.1 Å². The molecule has 1 aliphatic heterocycles. The number of pyridine rings is 1. The third kappa shape index (κ3) is 4.36. The monoisotopic (exact) mass is 438 g/mol. The summed E-state index contributed by atoms with van der Waals surface area (Å²) in [6.45, 7) is 2.14. The molecule has 162 valence electrons. The molecule has 1 aliphatic carbocycles. The van der Waals surface area contributed by atoms with Crippen LogP contribution in [0.4, 0.5) is 5.95 Å². The fourth-order valence-electron chi connectivity index (χ4n) is 4.67. The zero-order valence-corrected chi connectivity index (χ0v) is 18.4. The lowest BCUT2D eigenvalue weighted by molar-refractivity contribution is -0.00312. The molecule has 5 rings (SSSR count).